The van der Waals surface area contributed by atoms with Crippen LogP contribution in [0.1, 0.15) is 12.8 Å². The molecule has 0 N–H and O–H groups in total. The number of thioether (sulfide) groups is 1. The molecule has 0 aliphatic carbocycles. The predicted octanol–water partition coefficient (Wildman–Crippen LogP) is 1.97. The van der Waals surface area contributed by atoms with Crippen LogP contribution in [0.5, 0.6) is 0 Å². The molecule has 0 spiro atoms. The fraction of sp³-hybridized carbons (Fsp3) is 0.571. The van der Waals surface area contributed by atoms with Gasteiger partial charge in [0, 0.05) is 18.6 Å². The minimum Gasteiger partial charge on any atom is -0.164 e. The first kappa shape index (κ1) is 7.91. The van der Waals surface area contributed by atoms with Crippen molar-refractivity contribution in [1.82, 2.24) is 0 Å². The lowest BCUT2D eigenvalue weighted by Gasteiger charge is -1.82. The van der Waals surface area contributed by atoms with E-state index in [2.05, 4.69) is 25.0 Å². The van der Waals surface area contributed by atoms with E-state index in [4.69, 9.17) is 0 Å². The van der Waals surface area contributed by atoms with Crippen molar-refractivity contribution in [3.05, 3.63) is 6.92 Å². The van der Waals surface area contributed by atoms with E-state index in [9.17, 15) is 0 Å². The molecule has 1 heteroatoms. The first-order valence-corrected chi connectivity index (χ1v) is 4.05. The molecule has 0 saturated heterocycles. The van der Waals surface area contributed by atoms with Crippen LogP contribution in [0.2, 0.25) is 0 Å². The van der Waals surface area contributed by atoms with Crippen LogP contribution in [-0.2, 0) is 0 Å². The molecule has 0 aromatic rings. The van der Waals surface area contributed by atoms with Crippen molar-refractivity contribution in [3.63, 3.8) is 0 Å². The first-order chi connectivity index (χ1) is 3.91. The van der Waals surface area contributed by atoms with Crippen LogP contribution in [0.4, 0.5) is 0 Å². The first-order valence-electron chi connectivity index (χ1n) is 2.65. The average Bonchev–Trinajstić information content (AvgIpc) is 1.81. The molecule has 0 aliphatic rings. The van der Waals surface area contributed by atoms with Gasteiger partial charge in [-0.2, -0.15) is 11.8 Å². The van der Waals surface area contributed by atoms with Crippen LogP contribution in [0.25, 0.3) is 0 Å². The predicted molar refractivity (Wildman–Crippen MR) is 40.7 cm³/mol. The summed E-state index contributed by atoms with van der Waals surface area (Å²) in [6.45, 7) is 3.60. The Kier molecular flexibility index (Phi) is 6.83. The van der Waals surface area contributed by atoms with E-state index in [1.807, 2.05) is 11.8 Å². The van der Waals surface area contributed by atoms with E-state index in [1.54, 1.807) is 0 Å². The summed E-state index contributed by atoms with van der Waals surface area (Å²) in [5, 5.41) is 0. The van der Waals surface area contributed by atoms with Gasteiger partial charge in [0.25, 0.3) is 0 Å². The third kappa shape index (κ3) is 5.91. The van der Waals surface area contributed by atoms with Gasteiger partial charge in [-0.3, -0.25) is 0 Å². The van der Waals surface area contributed by atoms with Crippen LogP contribution in [0, 0.1) is 18.8 Å². The lowest BCUT2D eigenvalue weighted by Crippen LogP contribution is -1.70. The van der Waals surface area contributed by atoms with Gasteiger partial charge in [0.2, 0.25) is 0 Å². The van der Waals surface area contributed by atoms with Gasteiger partial charge in [0.1, 0.15) is 0 Å². The van der Waals surface area contributed by atoms with Crippen molar-refractivity contribution >= 4 is 11.8 Å². The van der Waals surface area contributed by atoms with Crippen LogP contribution >= 0.6 is 11.8 Å². The Hall–Kier alpha value is -0.0900. The number of hydrogen-bond acceptors (Lipinski definition) is 1. The molecule has 0 saturated carbocycles. The minimum atomic E-state index is 0.744. The highest BCUT2D eigenvalue weighted by atomic mass is 32.2. The molecular formula is C7H11S. The largest absolute Gasteiger partial charge is 0.164 e. The smallest absolute Gasteiger partial charge is 0.0179 e. The molecule has 0 bridgehead atoms. The fourth-order valence-electron chi connectivity index (χ4n) is 0.330. The highest BCUT2D eigenvalue weighted by molar-refractivity contribution is 7.98. The molecular weight excluding hydrogens is 116 g/mol. The summed E-state index contributed by atoms with van der Waals surface area (Å²) in [5.74, 6) is 7.06. The standard InChI is InChI=1S/C7H11S/c1-3-4-5-6-7-8-2/h1,3,6-7H2,2H3. The summed E-state index contributed by atoms with van der Waals surface area (Å²) in [5.41, 5.74) is 0. The summed E-state index contributed by atoms with van der Waals surface area (Å²) in [6, 6.07) is 0. The third-order valence-electron chi connectivity index (χ3n) is 0.681. The quantitative estimate of drug-likeness (QED) is 0.403. The van der Waals surface area contributed by atoms with Crippen molar-refractivity contribution in [1.29, 1.82) is 0 Å². The average molecular weight is 127 g/mol. The van der Waals surface area contributed by atoms with Gasteiger partial charge in [-0.1, -0.05) is 0 Å². The second kappa shape index (κ2) is 6.91. The topological polar surface area (TPSA) is 0 Å². The molecule has 45 valence electrons. The maximum Gasteiger partial charge on any atom is 0.0179 e. The monoisotopic (exact) mass is 127 g/mol. The Morgan fingerprint density at radius 3 is 2.75 bits per heavy atom. The van der Waals surface area contributed by atoms with E-state index < -0.39 is 0 Å². The Bertz CT molecular complexity index is 86.3. The van der Waals surface area contributed by atoms with Crippen molar-refractivity contribution in [3.8, 4) is 11.8 Å². The summed E-state index contributed by atoms with van der Waals surface area (Å²) in [6.07, 6.45) is 3.84. The van der Waals surface area contributed by atoms with Gasteiger partial charge in [-0.25, -0.2) is 0 Å². The van der Waals surface area contributed by atoms with Crippen LogP contribution in [0.3, 0.4) is 0 Å². The van der Waals surface area contributed by atoms with Gasteiger partial charge in [-0.15, -0.1) is 11.8 Å². The lowest BCUT2D eigenvalue weighted by atomic mass is 10.4. The molecule has 0 aliphatic heterocycles. The van der Waals surface area contributed by atoms with Gasteiger partial charge < -0.3 is 0 Å². The van der Waals surface area contributed by atoms with Crippen molar-refractivity contribution in [2.24, 2.45) is 0 Å². The number of hydrogen-bond donors (Lipinski definition) is 0. The van der Waals surface area contributed by atoms with Crippen LogP contribution in [-0.4, -0.2) is 12.0 Å². The minimum absolute atomic E-state index is 0.744. The van der Waals surface area contributed by atoms with Gasteiger partial charge in [0.15, 0.2) is 0 Å². The molecule has 1 radical (unpaired) electrons. The van der Waals surface area contributed by atoms with E-state index in [1.165, 1.54) is 0 Å². The Morgan fingerprint density at radius 1 is 1.50 bits per heavy atom. The summed E-state index contributed by atoms with van der Waals surface area (Å²) in [7, 11) is 0. The third-order valence-corrected chi connectivity index (χ3v) is 1.29. The van der Waals surface area contributed by atoms with E-state index in [0.717, 1.165) is 18.6 Å². The number of rotatable bonds is 2. The van der Waals surface area contributed by atoms with Gasteiger partial charge in [-0.05, 0) is 13.2 Å². The summed E-state index contributed by atoms with van der Waals surface area (Å²) < 4.78 is 0. The molecule has 0 rings (SSSR count). The molecule has 0 fully saturated rings. The summed E-state index contributed by atoms with van der Waals surface area (Å²) in [4.78, 5) is 0. The maximum atomic E-state index is 3.60. The lowest BCUT2D eigenvalue weighted by molar-refractivity contribution is 1.29. The second-order valence-corrected chi connectivity index (χ2v) is 2.33. The fourth-order valence-corrected chi connectivity index (χ4v) is 0.636. The Balaban J connectivity index is 2.90. The highest BCUT2D eigenvalue weighted by Crippen LogP contribution is 1.92. The molecule has 0 aromatic carbocycles. The van der Waals surface area contributed by atoms with Crippen LogP contribution < -0.4 is 0 Å². The molecule has 0 nitrogen and oxygen atoms in total. The van der Waals surface area contributed by atoms with E-state index in [0.29, 0.717) is 0 Å². The normalized spacial score (nSPS) is 7.75. The van der Waals surface area contributed by atoms with Gasteiger partial charge >= 0.3 is 0 Å². The summed E-state index contributed by atoms with van der Waals surface area (Å²) >= 11 is 1.83. The van der Waals surface area contributed by atoms with Crippen molar-refractivity contribution < 1.29 is 0 Å². The molecule has 0 unspecified atom stereocenters. The highest BCUT2D eigenvalue weighted by Gasteiger charge is 1.73. The van der Waals surface area contributed by atoms with Gasteiger partial charge in [0.05, 0.1) is 0 Å². The molecule has 0 heterocycles. The Labute approximate surface area is 56.1 Å². The molecule has 0 amide bonds. The van der Waals surface area contributed by atoms with E-state index >= 15 is 0 Å². The van der Waals surface area contributed by atoms with E-state index in [-0.39, 0.29) is 0 Å². The SMILES string of the molecule is [CH2]CC#CCCSC. The molecule has 0 atom stereocenters. The zero-order chi connectivity index (χ0) is 6.24. The van der Waals surface area contributed by atoms with Crippen molar-refractivity contribution in [2.45, 2.75) is 12.8 Å². The zero-order valence-electron chi connectivity index (χ0n) is 5.24. The maximum absolute atomic E-state index is 3.60. The molecule has 8 heavy (non-hydrogen) atoms. The zero-order valence-corrected chi connectivity index (χ0v) is 6.05. The second-order valence-electron chi connectivity index (χ2n) is 1.35. The van der Waals surface area contributed by atoms with Crippen LogP contribution in [0.15, 0.2) is 0 Å². The molecule has 0 aromatic heterocycles. The Morgan fingerprint density at radius 2 is 2.25 bits per heavy atom. The van der Waals surface area contributed by atoms with Crippen molar-refractivity contribution in [2.75, 3.05) is 12.0 Å².